The molecule has 1 heterocycles. The number of nitrogens with one attached hydrogen (secondary N) is 1. The number of likely N-dealkylation sites (N-methyl/N-ethyl adjacent to an activating group) is 1. The van der Waals surface area contributed by atoms with Gasteiger partial charge in [-0.1, -0.05) is 18.2 Å². The Kier molecular flexibility index (Phi) is 8.74. The van der Waals surface area contributed by atoms with Crippen molar-refractivity contribution in [2.45, 2.75) is 37.8 Å². The third-order valence-electron chi connectivity index (χ3n) is 7.66. The van der Waals surface area contributed by atoms with Gasteiger partial charge in [0, 0.05) is 35.2 Å². The van der Waals surface area contributed by atoms with Crippen LogP contribution in [-0.2, 0) is 11.4 Å². The zero-order valence-corrected chi connectivity index (χ0v) is 26.6. The highest BCUT2D eigenvalue weighted by Gasteiger charge is 2.39. The van der Waals surface area contributed by atoms with Crippen molar-refractivity contribution in [1.82, 2.24) is 0 Å². The summed E-state index contributed by atoms with van der Waals surface area (Å²) in [4.78, 5) is 39.7. The van der Waals surface area contributed by atoms with E-state index in [2.05, 4.69) is 5.32 Å². The molecule has 0 radical (unpaired) electrons. The van der Waals surface area contributed by atoms with E-state index in [1.54, 1.807) is 55.3 Å². The Labute approximate surface area is 265 Å². The molecule has 4 aromatic rings. The van der Waals surface area contributed by atoms with E-state index in [1.165, 1.54) is 31.0 Å². The minimum absolute atomic E-state index is 0.00833. The number of ether oxygens (including phenoxy) is 3. The summed E-state index contributed by atoms with van der Waals surface area (Å²) in [6.07, 6.45) is 1.89. The van der Waals surface area contributed by atoms with Crippen LogP contribution in [0.4, 0.5) is 17.1 Å². The van der Waals surface area contributed by atoms with E-state index in [0.29, 0.717) is 45.2 Å². The van der Waals surface area contributed by atoms with Gasteiger partial charge in [0.05, 0.1) is 35.0 Å². The number of benzene rings is 4. The molecule has 45 heavy (non-hydrogen) atoms. The Hall–Kier alpha value is -5.03. The van der Waals surface area contributed by atoms with E-state index in [9.17, 15) is 19.7 Å². The fraction of sp³-hybridized carbons (Fsp3) is 0.235. The molecular formula is C34H33N3O7S. The zero-order chi connectivity index (χ0) is 32.5. The molecular weight excluding hydrogens is 594 g/mol. The summed E-state index contributed by atoms with van der Waals surface area (Å²) < 4.78 is 17.7. The fourth-order valence-corrected chi connectivity index (χ4v) is 5.96. The SMILES string of the molecule is COc1cc(OC(=O)c2ccccc2SC)ccc1-c1ccc2c(c1COc1cc([N+](=O)[O-])ccc1C)N(C)C(=O)C(C)(C)N2. The average Bonchev–Trinajstić information content (AvgIpc) is 3.02. The standard InChI is InChI=1S/C34H33N3O7S/c1-20-11-12-21(37(40)41)17-28(20)43-19-26-23(15-16-27-31(26)36(4)33(39)34(2,3)35-27)24-14-13-22(18-29(24)42-5)44-32(38)25-9-7-8-10-30(25)45-6/h7-18,35H,19H2,1-6H3. The van der Waals surface area contributed by atoms with Crippen LogP contribution in [0.1, 0.15) is 35.3 Å². The number of carbonyl (C=O) groups excluding carboxylic acids is 2. The Morgan fingerprint density at radius 1 is 1.02 bits per heavy atom. The van der Waals surface area contributed by atoms with Crippen LogP contribution >= 0.6 is 11.8 Å². The van der Waals surface area contributed by atoms with Gasteiger partial charge in [0.25, 0.3) is 11.6 Å². The lowest BCUT2D eigenvalue weighted by Gasteiger charge is -2.39. The Morgan fingerprint density at radius 2 is 1.76 bits per heavy atom. The number of rotatable bonds is 9. The van der Waals surface area contributed by atoms with Gasteiger partial charge < -0.3 is 24.4 Å². The van der Waals surface area contributed by atoms with Crippen LogP contribution in [0.5, 0.6) is 17.2 Å². The lowest BCUT2D eigenvalue weighted by Crippen LogP contribution is -2.52. The van der Waals surface area contributed by atoms with E-state index in [4.69, 9.17) is 14.2 Å². The number of non-ortho nitro benzene ring substituents is 1. The number of hydrogen-bond donors (Lipinski definition) is 1. The van der Waals surface area contributed by atoms with Crippen LogP contribution in [0.3, 0.4) is 0 Å². The highest BCUT2D eigenvalue weighted by Crippen LogP contribution is 2.45. The number of fused-ring (bicyclic) bond motifs is 1. The molecule has 1 aliphatic heterocycles. The van der Waals surface area contributed by atoms with Gasteiger partial charge in [0.15, 0.2) is 0 Å². The van der Waals surface area contributed by atoms with Crippen LogP contribution < -0.4 is 24.4 Å². The largest absolute Gasteiger partial charge is 0.496 e. The highest BCUT2D eigenvalue weighted by atomic mass is 32.2. The first-order chi connectivity index (χ1) is 21.4. The number of carbonyl (C=O) groups is 2. The molecule has 11 heteroatoms. The summed E-state index contributed by atoms with van der Waals surface area (Å²) >= 11 is 1.46. The molecule has 232 valence electrons. The van der Waals surface area contributed by atoms with Crippen molar-refractivity contribution in [3.8, 4) is 28.4 Å². The first-order valence-corrected chi connectivity index (χ1v) is 15.3. The second-order valence-electron chi connectivity index (χ2n) is 11.0. The van der Waals surface area contributed by atoms with E-state index in [1.807, 2.05) is 44.4 Å². The monoisotopic (exact) mass is 627 g/mol. The topological polar surface area (TPSA) is 120 Å². The van der Waals surface area contributed by atoms with E-state index >= 15 is 0 Å². The van der Waals surface area contributed by atoms with Gasteiger partial charge in [-0.2, -0.15) is 0 Å². The molecule has 5 rings (SSSR count). The number of methoxy groups -OCH3 is 1. The molecule has 0 aliphatic carbocycles. The average molecular weight is 628 g/mol. The highest BCUT2D eigenvalue weighted by molar-refractivity contribution is 7.98. The van der Waals surface area contributed by atoms with Crippen LogP contribution in [0.2, 0.25) is 0 Å². The third-order valence-corrected chi connectivity index (χ3v) is 8.46. The Bertz CT molecular complexity index is 1820. The molecule has 0 unspecified atom stereocenters. The number of anilines is 2. The van der Waals surface area contributed by atoms with Crippen molar-refractivity contribution in [2.75, 3.05) is 30.6 Å². The van der Waals surface area contributed by atoms with Crippen molar-refractivity contribution in [2.24, 2.45) is 0 Å². The second-order valence-corrected chi connectivity index (χ2v) is 11.9. The predicted molar refractivity (Wildman–Crippen MR) is 175 cm³/mol. The lowest BCUT2D eigenvalue weighted by atomic mass is 9.91. The van der Waals surface area contributed by atoms with Gasteiger partial charge in [-0.3, -0.25) is 14.9 Å². The first kappa shape index (κ1) is 31.4. The molecule has 0 bridgehead atoms. The van der Waals surface area contributed by atoms with E-state index in [-0.39, 0.29) is 18.2 Å². The summed E-state index contributed by atoms with van der Waals surface area (Å²) in [7, 11) is 3.23. The van der Waals surface area contributed by atoms with Gasteiger partial charge in [-0.15, -0.1) is 11.8 Å². The van der Waals surface area contributed by atoms with E-state index < -0.39 is 16.4 Å². The number of thioether (sulfide) groups is 1. The lowest BCUT2D eigenvalue weighted by molar-refractivity contribution is -0.385. The quantitative estimate of drug-likeness (QED) is 0.0672. The molecule has 0 saturated carbocycles. The minimum Gasteiger partial charge on any atom is -0.496 e. The third kappa shape index (κ3) is 6.16. The molecule has 10 nitrogen and oxygen atoms in total. The molecule has 4 aromatic carbocycles. The molecule has 0 spiro atoms. The molecule has 1 N–H and O–H groups in total. The van der Waals surface area contributed by atoms with Gasteiger partial charge in [-0.05, 0) is 74.6 Å². The number of nitro benzene ring substituents is 1. The van der Waals surface area contributed by atoms with Crippen molar-refractivity contribution in [3.05, 3.63) is 99.6 Å². The molecule has 0 saturated heterocycles. The fourth-order valence-electron chi connectivity index (χ4n) is 5.37. The van der Waals surface area contributed by atoms with Crippen LogP contribution in [-0.4, -0.2) is 42.8 Å². The number of esters is 1. The summed E-state index contributed by atoms with van der Waals surface area (Å²) in [5, 5.41) is 14.8. The maximum atomic E-state index is 13.4. The molecule has 1 aliphatic rings. The Morgan fingerprint density at radius 3 is 2.47 bits per heavy atom. The summed E-state index contributed by atoms with van der Waals surface area (Å²) in [6.45, 7) is 5.42. The van der Waals surface area contributed by atoms with Crippen LogP contribution in [0, 0.1) is 17.0 Å². The van der Waals surface area contributed by atoms with Gasteiger partial charge in [0.2, 0.25) is 0 Å². The van der Waals surface area contributed by atoms with Crippen molar-refractivity contribution in [3.63, 3.8) is 0 Å². The molecule has 0 atom stereocenters. The van der Waals surface area contributed by atoms with Crippen molar-refractivity contribution >= 4 is 40.7 Å². The molecule has 0 fully saturated rings. The first-order valence-electron chi connectivity index (χ1n) is 14.1. The molecule has 1 amide bonds. The smallest absolute Gasteiger partial charge is 0.344 e. The van der Waals surface area contributed by atoms with Crippen LogP contribution in [0.15, 0.2) is 77.7 Å². The maximum absolute atomic E-state index is 13.4. The van der Waals surface area contributed by atoms with Crippen LogP contribution in [0.25, 0.3) is 11.1 Å². The van der Waals surface area contributed by atoms with E-state index in [0.717, 1.165) is 16.1 Å². The normalized spacial score (nSPS) is 13.5. The Balaban J connectivity index is 1.58. The summed E-state index contributed by atoms with van der Waals surface area (Å²) in [5.41, 5.74) is 3.65. The number of hydrogen-bond acceptors (Lipinski definition) is 9. The number of aryl methyl sites for hydroxylation is 1. The van der Waals surface area contributed by atoms with Crippen molar-refractivity contribution in [1.29, 1.82) is 0 Å². The number of nitro groups is 1. The second kappa shape index (κ2) is 12.5. The van der Waals surface area contributed by atoms with Gasteiger partial charge in [-0.25, -0.2) is 4.79 Å². The van der Waals surface area contributed by atoms with Gasteiger partial charge >= 0.3 is 5.97 Å². The van der Waals surface area contributed by atoms with Gasteiger partial charge in [0.1, 0.15) is 29.4 Å². The predicted octanol–water partition coefficient (Wildman–Crippen LogP) is 7.27. The van der Waals surface area contributed by atoms with Crippen molar-refractivity contribution < 1.29 is 28.7 Å². The number of nitrogens with zero attached hydrogens (tertiary/aromatic N) is 2. The maximum Gasteiger partial charge on any atom is 0.344 e. The summed E-state index contributed by atoms with van der Waals surface area (Å²) in [5.74, 6) is 0.462. The zero-order valence-electron chi connectivity index (χ0n) is 25.8. The summed E-state index contributed by atoms with van der Waals surface area (Å²) in [6, 6.07) is 20.6. The number of amides is 1. The minimum atomic E-state index is -0.837. The molecule has 0 aromatic heterocycles.